The Labute approximate surface area is 124 Å². The van der Waals surface area contributed by atoms with Crippen molar-refractivity contribution in [2.75, 3.05) is 19.1 Å². The average molecular weight is 281 g/mol. The number of hydrogen-bond donors (Lipinski definition) is 1. The second-order valence-electron chi connectivity index (χ2n) is 5.24. The SMILES string of the molecule is COc1ccc(CN(C)c2nc3ccccc3[nH]2)cc1C. The zero-order chi connectivity index (χ0) is 14.8. The number of rotatable bonds is 4. The standard InChI is InChI=1S/C17H19N3O/c1-12-10-13(8-9-16(12)21-3)11-20(2)17-18-14-6-4-5-7-15(14)19-17/h4-10H,11H2,1-3H3,(H,18,19). The van der Waals surface area contributed by atoms with E-state index in [4.69, 9.17) is 4.74 Å². The lowest BCUT2D eigenvalue weighted by Crippen LogP contribution is -2.17. The van der Waals surface area contributed by atoms with Gasteiger partial charge >= 0.3 is 0 Å². The summed E-state index contributed by atoms with van der Waals surface area (Å²) in [5.74, 6) is 1.80. The van der Waals surface area contributed by atoms with Crippen molar-refractivity contribution in [1.82, 2.24) is 9.97 Å². The van der Waals surface area contributed by atoms with Crippen molar-refractivity contribution in [3.05, 3.63) is 53.6 Å². The third-order valence-electron chi connectivity index (χ3n) is 3.62. The summed E-state index contributed by atoms with van der Waals surface area (Å²) < 4.78 is 5.30. The number of aromatic amines is 1. The fraction of sp³-hybridized carbons (Fsp3) is 0.235. The first-order valence-electron chi connectivity index (χ1n) is 6.97. The number of anilines is 1. The van der Waals surface area contributed by atoms with Crippen molar-refractivity contribution in [3.63, 3.8) is 0 Å². The average Bonchev–Trinajstić information content (AvgIpc) is 2.91. The van der Waals surface area contributed by atoms with Crippen LogP contribution < -0.4 is 9.64 Å². The molecule has 4 nitrogen and oxygen atoms in total. The molecule has 0 aliphatic rings. The second kappa shape index (κ2) is 5.48. The lowest BCUT2D eigenvalue weighted by molar-refractivity contribution is 0.411. The topological polar surface area (TPSA) is 41.1 Å². The van der Waals surface area contributed by atoms with E-state index >= 15 is 0 Å². The molecule has 2 aromatic carbocycles. The van der Waals surface area contributed by atoms with Crippen LogP contribution in [0.2, 0.25) is 0 Å². The molecule has 1 N–H and O–H groups in total. The molecule has 3 rings (SSSR count). The highest BCUT2D eigenvalue weighted by Gasteiger charge is 2.08. The molecule has 21 heavy (non-hydrogen) atoms. The maximum atomic E-state index is 5.30. The molecule has 3 aromatic rings. The number of fused-ring (bicyclic) bond motifs is 1. The van der Waals surface area contributed by atoms with Crippen LogP contribution in [0.5, 0.6) is 5.75 Å². The molecule has 0 saturated heterocycles. The minimum absolute atomic E-state index is 0.796. The third-order valence-corrected chi connectivity index (χ3v) is 3.62. The molecule has 1 aromatic heterocycles. The fourth-order valence-electron chi connectivity index (χ4n) is 2.51. The number of nitrogens with zero attached hydrogens (tertiary/aromatic N) is 2. The summed E-state index contributed by atoms with van der Waals surface area (Å²) in [6, 6.07) is 14.3. The van der Waals surface area contributed by atoms with Crippen molar-refractivity contribution >= 4 is 17.0 Å². The molecule has 0 fully saturated rings. The van der Waals surface area contributed by atoms with Gasteiger partial charge < -0.3 is 14.6 Å². The monoisotopic (exact) mass is 281 g/mol. The molecule has 0 amide bonds. The van der Waals surface area contributed by atoms with Gasteiger partial charge in [-0.05, 0) is 36.2 Å². The van der Waals surface area contributed by atoms with E-state index in [0.717, 1.165) is 34.8 Å². The van der Waals surface area contributed by atoms with Gasteiger partial charge in [-0.2, -0.15) is 0 Å². The van der Waals surface area contributed by atoms with Gasteiger partial charge in [0.25, 0.3) is 0 Å². The van der Waals surface area contributed by atoms with E-state index in [9.17, 15) is 0 Å². The number of imidazole rings is 1. The summed E-state index contributed by atoms with van der Waals surface area (Å²) in [5, 5.41) is 0. The number of hydrogen-bond acceptors (Lipinski definition) is 3. The minimum Gasteiger partial charge on any atom is -0.496 e. The summed E-state index contributed by atoms with van der Waals surface area (Å²) in [6.45, 7) is 2.86. The lowest BCUT2D eigenvalue weighted by atomic mass is 10.1. The van der Waals surface area contributed by atoms with E-state index in [2.05, 4.69) is 33.9 Å². The molecule has 0 atom stereocenters. The van der Waals surface area contributed by atoms with Crippen molar-refractivity contribution < 1.29 is 4.74 Å². The predicted molar refractivity (Wildman–Crippen MR) is 85.9 cm³/mol. The zero-order valence-electron chi connectivity index (χ0n) is 12.6. The Hall–Kier alpha value is -2.49. The number of para-hydroxylation sites is 2. The van der Waals surface area contributed by atoms with E-state index in [1.165, 1.54) is 5.56 Å². The van der Waals surface area contributed by atoms with Gasteiger partial charge in [-0.1, -0.05) is 24.3 Å². The van der Waals surface area contributed by atoms with Crippen LogP contribution in [0.4, 0.5) is 5.95 Å². The molecule has 0 aliphatic heterocycles. The third kappa shape index (κ3) is 2.70. The molecule has 0 spiro atoms. The molecule has 1 heterocycles. The second-order valence-corrected chi connectivity index (χ2v) is 5.24. The number of H-pyrrole nitrogens is 1. The van der Waals surface area contributed by atoms with Gasteiger partial charge in [0.05, 0.1) is 18.1 Å². The van der Waals surface area contributed by atoms with E-state index in [1.807, 2.05) is 37.4 Å². The van der Waals surface area contributed by atoms with Crippen LogP contribution in [0.25, 0.3) is 11.0 Å². The van der Waals surface area contributed by atoms with E-state index in [-0.39, 0.29) is 0 Å². The molecule has 4 heteroatoms. The normalized spacial score (nSPS) is 10.8. The maximum Gasteiger partial charge on any atom is 0.203 e. The maximum absolute atomic E-state index is 5.30. The molecule has 108 valence electrons. The molecule has 0 unspecified atom stereocenters. The highest BCUT2D eigenvalue weighted by molar-refractivity contribution is 5.77. The molecular formula is C17H19N3O. The number of aromatic nitrogens is 2. The summed E-state index contributed by atoms with van der Waals surface area (Å²) in [5.41, 5.74) is 4.43. The summed E-state index contributed by atoms with van der Waals surface area (Å²) in [7, 11) is 3.74. The first kappa shape index (κ1) is 13.5. The smallest absolute Gasteiger partial charge is 0.203 e. The number of methoxy groups -OCH3 is 1. The number of benzene rings is 2. The van der Waals surface area contributed by atoms with Crippen molar-refractivity contribution in [1.29, 1.82) is 0 Å². The van der Waals surface area contributed by atoms with Crippen LogP contribution in [0, 0.1) is 6.92 Å². The molecular weight excluding hydrogens is 262 g/mol. The largest absolute Gasteiger partial charge is 0.496 e. The Morgan fingerprint density at radius 2 is 2.00 bits per heavy atom. The quantitative estimate of drug-likeness (QED) is 0.795. The Bertz CT molecular complexity index is 731. The van der Waals surface area contributed by atoms with Crippen molar-refractivity contribution in [3.8, 4) is 5.75 Å². The Kier molecular flexibility index (Phi) is 3.52. The van der Waals surface area contributed by atoms with Gasteiger partial charge in [-0.3, -0.25) is 0 Å². The fourth-order valence-corrected chi connectivity index (χ4v) is 2.51. The van der Waals surface area contributed by atoms with Gasteiger partial charge in [0.1, 0.15) is 5.75 Å². The lowest BCUT2D eigenvalue weighted by Gasteiger charge is -2.16. The highest BCUT2D eigenvalue weighted by atomic mass is 16.5. The molecule has 0 bridgehead atoms. The van der Waals surface area contributed by atoms with Crippen LogP contribution in [0.3, 0.4) is 0 Å². The Morgan fingerprint density at radius 1 is 1.19 bits per heavy atom. The van der Waals surface area contributed by atoms with Crippen molar-refractivity contribution in [2.24, 2.45) is 0 Å². The van der Waals surface area contributed by atoms with Gasteiger partial charge in [-0.15, -0.1) is 0 Å². The van der Waals surface area contributed by atoms with Crippen LogP contribution in [0.15, 0.2) is 42.5 Å². The van der Waals surface area contributed by atoms with Gasteiger partial charge in [0, 0.05) is 13.6 Å². The van der Waals surface area contributed by atoms with E-state index < -0.39 is 0 Å². The van der Waals surface area contributed by atoms with E-state index in [1.54, 1.807) is 7.11 Å². The highest BCUT2D eigenvalue weighted by Crippen LogP contribution is 2.21. The van der Waals surface area contributed by atoms with Crippen LogP contribution >= 0.6 is 0 Å². The molecule has 0 aliphatic carbocycles. The Balaban J connectivity index is 1.82. The molecule has 0 radical (unpaired) electrons. The van der Waals surface area contributed by atoms with Crippen LogP contribution in [-0.2, 0) is 6.54 Å². The molecule has 0 saturated carbocycles. The van der Waals surface area contributed by atoms with Crippen molar-refractivity contribution in [2.45, 2.75) is 13.5 Å². The van der Waals surface area contributed by atoms with Gasteiger partial charge in [0.2, 0.25) is 5.95 Å². The zero-order valence-corrected chi connectivity index (χ0v) is 12.6. The first-order valence-corrected chi connectivity index (χ1v) is 6.97. The predicted octanol–water partition coefficient (Wildman–Crippen LogP) is 3.52. The van der Waals surface area contributed by atoms with E-state index in [0.29, 0.717) is 0 Å². The number of nitrogens with one attached hydrogen (secondary N) is 1. The summed E-state index contributed by atoms with van der Waals surface area (Å²) in [4.78, 5) is 10.1. The number of aryl methyl sites for hydroxylation is 1. The van der Waals surface area contributed by atoms with Gasteiger partial charge in [0.15, 0.2) is 0 Å². The van der Waals surface area contributed by atoms with Crippen LogP contribution in [0.1, 0.15) is 11.1 Å². The minimum atomic E-state index is 0.796. The Morgan fingerprint density at radius 3 is 2.71 bits per heavy atom. The first-order chi connectivity index (χ1) is 10.2. The summed E-state index contributed by atoms with van der Waals surface area (Å²) in [6.07, 6.45) is 0. The summed E-state index contributed by atoms with van der Waals surface area (Å²) >= 11 is 0. The van der Waals surface area contributed by atoms with Gasteiger partial charge in [-0.25, -0.2) is 4.98 Å². The van der Waals surface area contributed by atoms with Crippen LogP contribution in [-0.4, -0.2) is 24.1 Å². The number of ether oxygens (including phenoxy) is 1.